The van der Waals surface area contributed by atoms with E-state index in [2.05, 4.69) is 62.4 Å². The second-order valence-corrected chi connectivity index (χ2v) is 4.86. The zero-order valence-electron chi connectivity index (χ0n) is 10.3. The summed E-state index contributed by atoms with van der Waals surface area (Å²) in [6, 6.07) is 13.4. The first-order valence-electron chi connectivity index (χ1n) is 6.11. The third-order valence-electron chi connectivity index (χ3n) is 3.36. The van der Waals surface area contributed by atoms with Gasteiger partial charge in [0.05, 0.1) is 0 Å². The van der Waals surface area contributed by atoms with E-state index in [0.29, 0.717) is 0 Å². The molecule has 0 atom stereocenters. The number of hydrogen-bond acceptors (Lipinski definition) is 0. The first kappa shape index (κ1) is 10.3. The summed E-state index contributed by atoms with van der Waals surface area (Å²) < 4.78 is 0. The van der Waals surface area contributed by atoms with Gasteiger partial charge in [0, 0.05) is 0 Å². The van der Waals surface area contributed by atoms with Crippen LogP contribution in [0.25, 0.3) is 17.2 Å². The molecule has 0 fully saturated rings. The Morgan fingerprint density at radius 2 is 1.71 bits per heavy atom. The van der Waals surface area contributed by atoms with Crippen LogP contribution < -0.4 is 0 Å². The molecular weight excluding hydrogens is 204 g/mol. The number of aryl methyl sites for hydroxylation is 2. The molecule has 0 heteroatoms. The number of fused-ring (bicyclic) bond motifs is 1. The van der Waals surface area contributed by atoms with Crippen molar-refractivity contribution in [3.05, 3.63) is 64.7 Å². The molecule has 17 heavy (non-hydrogen) atoms. The highest BCUT2D eigenvalue weighted by Gasteiger charge is 2.11. The molecule has 0 heterocycles. The predicted molar refractivity (Wildman–Crippen MR) is 74.1 cm³/mol. The van der Waals surface area contributed by atoms with Crippen molar-refractivity contribution in [1.82, 2.24) is 0 Å². The Bertz CT molecular complexity index is 583. The molecule has 84 valence electrons. The van der Waals surface area contributed by atoms with Gasteiger partial charge in [0.25, 0.3) is 0 Å². The monoisotopic (exact) mass is 220 g/mol. The van der Waals surface area contributed by atoms with E-state index in [1.807, 2.05) is 0 Å². The summed E-state index contributed by atoms with van der Waals surface area (Å²) in [4.78, 5) is 0. The van der Waals surface area contributed by atoms with Crippen molar-refractivity contribution < 1.29 is 0 Å². The summed E-state index contributed by atoms with van der Waals surface area (Å²) in [6.45, 7) is 4.33. The van der Waals surface area contributed by atoms with Crippen molar-refractivity contribution in [1.29, 1.82) is 0 Å². The van der Waals surface area contributed by atoms with Crippen LogP contribution in [-0.2, 0) is 6.42 Å². The van der Waals surface area contributed by atoms with Gasteiger partial charge in [0.1, 0.15) is 0 Å². The standard InChI is InChI=1S/C17H16/c1-12-9-13(2)11-15(10-12)17-8-4-6-14-5-3-7-16(14)17/h3-6,8-11H,7H2,1-2H3. The molecule has 0 aliphatic heterocycles. The van der Waals surface area contributed by atoms with Gasteiger partial charge in [-0.15, -0.1) is 0 Å². The van der Waals surface area contributed by atoms with Crippen LogP contribution in [-0.4, -0.2) is 0 Å². The van der Waals surface area contributed by atoms with E-state index < -0.39 is 0 Å². The Balaban J connectivity index is 2.20. The van der Waals surface area contributed by atoms with E-state index in [0.717, 1.165) is 6.42 Å². The Morgan fingerprint density at radius 3 is 2.47 bits per heavy atom. The van der Waals surface area contributed by atoms with E-state index in [9.17, 15) is 0 Å². The Morgan fingerprint density at radius 1 is 0.941 bits per heavy atom. The molecule has 0 spiro atoms. The third-order valence-corrected chi connectivity index (χ3v) is 3.36. The highest BCUT2D eigenvalue weighted by atomic mass is 14.2. The van der Waals surface area contributed by atoms with Gasteiger partial charge in [-0.05, 0) is 42.5 Å². The number of rotatable bonds is 1. The molecule has 0 saturated carbocycles. The van der Waals surface area contributed by atoms with Gasteiger partial charge in [-0.1, -0.05) is 59.7 Å². The van der Waals surface area contributed by atoms with Crippen molar-refractivity contribution >= 4 is 6.08 Å². The lowest BCUT2D eigenvalue weighted by Crippen LogP contribution is -1.90. The molecule has 1 aliphatic rings. The number of hydrogen-bond donors (Lipinski definition) is 0. The Kier molecular flexibility index (Phi) is 2.36. The van der Waals surface area contributed by atoms with Crippen LogP contribution >= 0.6 is 0 Å². The molecule has 0 radical (unpaired) electrons. The molecule has 0 nitrogen and oxygen atoms in total. The van der Waals surface area contributed by atoms with Gasteiger partial charge in [-0.3, -0.25) is 0 Å². The van der Waals surface area contributed by atoms with E-state index in [1.54, 1.807) is 0 Å². The van der Waals surface area contributed by atoms with Crippen molar-refractivity contribution in [3.8, 4) is 11.1 Å². The first-order chi connectivity index (χ1) is 8.24. The Labute approximate surface area is 103 Å². The first-order valence-corrected chi connectivity index (χ1v) is 6.11. The fourth-order valence-electron chi connectivity index (χ4n) is 2.69. The van der Waals surface area contributed by atoms with Gasteiger partial charge < -0.3 is 0 Å². The van der Waals surface area contributed by atoms with Crippen LogP contribution in [0.15, 0.2) is 42.5 Å². The van der Waals surface area contributed by atoms with Crippen molar-refractivity contribution in [2.45, 2.75) is 20.3 Å². The maximum Gasteiger partial charge on any atom is -0.00820 e. The Hall–Kier alpha value is -1.82. The molecule has 0 N–H and O–H groups in total. The fourth-order valence-corrected chi connectivity index (χ4v) is 2.69. The summed E-state index contributed by atoms with van der Waals surface area (Å²) in [7, 11) is 0. The summed E-state index contributed by atoms with van der Waals surface area (Å²) in [5.41, 5.74) is 8.26. The topological polar surface area (TPSA) is 0 Å². The fraction of sp³-hybridized carbons (Fsp3) is 0.176. The van der Waals surface area contributed by atoms with Crippen LogP contribution in [0.2, 0.25) is 0 Å². The maximum absolute atomic E-state index is 2.28. The quantitative estimate of drug-likeness (QED) is 0.662. The lowest BCUT2D eigenvalue weighted by molar-refractivity contribution is 1.30. The number of allylic oxidation sites excluding steroid dienone is 1. The normalized spacial score (nSPS) is 12.8. The second kappa shape index (κ2) is 3.89. The molecule has 0 unspecified atom stereocenters. The van der Waals surface area contributed by atoms with Gasteiger partial charge in [0.2, 0.25) is 0 Å². The van der Waals surface area contributed by atoms with Crippen LogP contribution in [0, 0.1) is 13.8 Å². The highest BCUT2D eigenvalue weighted by molar-refractivity contribution is 5.76. The smallest absolute Gasteiger partial charge is 0.00820 e. The molecule has 0 saturated heterocycles. The maximum atomic E-state index is 2.28. The van der Waals surface area contributed by atoms with Crippen LogP contribution in [0.4, 0.5) is 0 Å². The average Bonchev–Trinajstić information content (AvgIpc) is 2.75. The average molecular weight is 220 g/mol. The molecule has 3 rings (SSSR count). The molecule has 2 aromatic rings. The lowest BCUT2D eigenvalue weighted by atomic mass is 9.94. The molecule has 1 aliphatic carbocycles. The van der Waals surface area contributed by atoms with Gasteiger partial charge in [-0.2, -0.15) is 0 Å². The lowest BCUT2D eigenvalue weighted by Gasteiger charge is -2.10. The summed E-state index contributed by atoms with van der Waals surface area (Å²) in [5, 5.41) is 0. The van der Waals surface area contributed by atoms with Gasteiger partial charge in [-0.25, -0.2) is 0 Å². The van der Waals surface area contributed by atoms with E-state index in [-0.39, 0.29) is 0 Å². The van der Waals surface area contributed by atoms with Crippen molar-refractivity contribution in [3.63, 3.8) is 0 Å². The highest BCUT2D eigenvalue weighted by Crippen LogP contribution is 2.31. The minimum atomic E-state index is 1.07. The summed E-state index contributed by atoms with van der Waals surface area (Å²) >= 11 is 0. The summed E-state index contributed by atoms with van der Waals surface area (Å²) in [6.07, 6.45) is 5.54. The molecular formula is C17H16. The SMILES string of the molecule is Cc1cc(C)cc(-c2cccc3c2CC=C3)c1. The number of benzene rings is 2. The van der Waals surface area contributed by atoms with Crippen LogP contribution in [0.1, 0.15) is 22.3 Å². The zero-order valence-corrected chi connectivity index (χ0v) is 10.3. The van der Waals surface area contributed by atoms with Gasteiger partial charge >= 0.3 is 0 Å². The van der Waals surface area contributed by atoms with E-state index in [1.165, 1.54) is 33.4 Å². The predicted octanol–water partition coefficient (Wildman–Crippen LogP) is 4.54. The van der Waals surface area contributed by atoms with Crippen molar-refractivity contribution in [2.75, 3.05) is 0 Å². The second-order valence-electron chi connectivity index (χ2n) is 4.86. The molecule has 0 amide bonds. The minimum Gasteiger partial charge on any atom is -0.0795 e. The zero-order chi connectivity index (χ0) is 11.8. The van der Waals surface area contributed by atoms with Gasteiger partial charge in [0.15, 0.2) is 0 Å². The third kappa shape index (κ3) is 1.80. The largest absolute Gasteiger partial charge is 0.0795 e. The van der Waals surface area contributed by atoms with Crippen LogP contribution in [0.5, 0.6) is 0 Å². The minimum absolute atomic E-state index is 1.07. The molecule has 2 aromatic carbocycles. The summed E-state index contributed by atoms with van der Waals surface area (Å²) in [5.74, 6) is 0. The molecule has 0 bridgehead atoms. The molecule has 0 aromatic heterocycles. The van der Waals surface area contributed by atoms with E-state index in [4.69, 9.17) is 0 Å². The van der Waals surface area contributed by atoms with Crippen LogP contribution in [0.3, 0.4) is 0 Å². The van der Waals surface area contributed by atoms with Crippen molar-refractivity contribution in [2.24, 2.45) is 0 Å². The van der Waals surface area contributed by atoms with E-state index >= 15 is 0 Å².